The third kappa shape index (κ3) is 3.43. The summed E-state index contributed by atoms with van der Waals surface area (Å²) in [7, 11) is 3.55. The Hall–Kier alpha value is -1.73. The number of ether oxygens (including phenoxy) is 2. The Morgan fingerprint density at radius 1 is 1.30 bits per heavy atom. The van der Waals surface area contributed by atoms with Gasteiger partial charge in [0, 0.05) is 33.9 Å². The van der Waals surface area contributed by atoms with E-state index in [1.807, 2.05) is 14.0 Å². The van der Waals surface area contributed by atoms with Gasteiger partial charge in [-0.2, -0.15) is 5.10 Å². The van der Waals surface area contributed by atoms with Crippen LogP contribution in [-0.4, -0.2) is 46.6 Å². The Balaban J connectivity index is 2.10. The molecule has 7 heteroatoms. The first kappa shape index (κ1) is 14.7. The summed E-state index contributed by atoms with van der Waals surface area (Å²) in [6, 6.07) is 0. The molecule has 0 aliphatic rings. The van der Waals surface area contributed by atoms with Crippen LogP contribution in [0.2, 0.25) is 0 Å². The van der Waals surface area contributed by atoms with Crippen LogP contribution in [0.4, 0.5) is 5.82 Å². The Kier molecular flexibility index (Phi) is 5.25. The van der Waals surface area contributed by atoms with E-state index in [0.29, 0.717) is 25.6 Å². The molecular weight excluding hydrogens is 258 g/mol. The number of aryl methyl sites for hydroxylation is 1. The lowest BCUT2D eigenvalue weighted by molar-refractivity contribution is 0.0892. The van der Waals surface area contributed by atoms with Crippen LogP contribution in [-0.2, 0) is 23.1 Å². The van der Waals surface area contributed by atoms with E-state index in [-0.39, 0.29) is 0 Å². The Bertz CT molecular complexity index is 555. The number of nitrogens with one attached hydrogen (secondary N) is 1. The van der Waals surface area contributed by atoms with Gasteiger partial charge in [-0.1, -0.05) is 0 Å². The molecule has 0 fully saturated rings. The molecule has 0 aliphatic carbocycles. The van der Waals surface area contributed by atoms with Gasteiger partial charge in [-0.05, 0) is 13.3 Å². The van der Waals surface area contributed by atoms with Gasteiger partial charge in [0.2, 0.25) is 0 Å². The average Bonchev–Trinajstić information content (AvgIpc) is 2.81. The van der Waals surface area contributed by atoms with Crippen LogP contribution >= 0.6 is 0 Å². The first-order valence-corrected chi connectivity index (χ1v) is 6.75. The molecule has 2 heterocycles. The van der Waals surface area contributed by atoms with Gasteiger partial charge in [-0.3, -0.25) is 4.68 Å². The molecular formula is C13H21N5O2. The first-order valence-electron chi connectivity index (χ1n) is 6.75. The lowest BCUT2D eigenvalue weighted by Gasteiger charge is -2.08. The molecule has 7 nitrogen and oxygen atoms in total. The summed E-state index contributed by atoms with van der Waals surface area (Å²) < 4.78 is 12.3. The molecule has 0 unspecified atom stereocenters. The summed E-state index contributed by atoms with van der Waals surface area (Å²) in [6.07, 6.45) is 2.64. The smallest absolute Gasteiger partial charge is 0.163 e. The van der Waals surface area contributed by atoms with Gasteiger partial charge in [0.25, 0.3) is 0 Å². The molecule has 0 saturated heterocycles. The number of fused-ring (bicyclic) bond motifs is 1. The topological polar surface area (TPSA) is 74.1 Å². The second-order valence-electron chi connectivity index (χ2n) is 4.42. The third-order valence-corrected chi connectivity index (χ3v) is 2.85. The predicted molar refractivity (Wildman–Crippen MR) is 76.6 cm³/mol. The SMILES string of the molecule is CCNc1nc(COCCCOC)nc2c1cnn2C. The van der Waals surface area contributed by atoms with E-state index >= 15 is 0 Å². The van der Waals surface area contributed by atoms with Crippen LogP contribution in [0.5, 0.6) is 0 Å². The molecule has 2 rings (SSSR count). The molecule has 0 saturated carbocycles. The summed E-state index contributed by atoms with van der Waals surface area (Å²) >= 11 is 0. The molecule has 0 amide bonds. The molecule has 0 aliphatic heterocycles. The fourth-order valence-electron chi connectivity index (χ4n) is 1.90. The van der Waals surface area contributed by atoms with Gasteiger partial charge in [0.05, 0.1) is 11.6 Å². The van der Waals surface area contributed by atoms with Crippen molar-refractivity contribution in [2.24, 2.45) is 7.05 Å². The minimum absolute atomic E-state index is 0.392. The summed E-state index contributed by atoms with van der Waals surface area (Å²) in [4.78, 5) is 8.98. The lowest BCUT2D eigenvalue weighted by Crippen LogP contribution is -2.07. The molecule has 0 spiro atoms. The minimum Gasteiger partial charge on any atom is -0.385 e. The summed E-state index contributed by atoms with van der Waals surface area (Å²) in [5.41, 5.74) is 0.812. The van der Waals surface area contributed by atoms with Crippen LogP contribution in [0.25, 0.3) is 11.0 Å². The number of hydrogen-bond donors (Lipinski definition) is 1. The highest BCUT2D eigenvalue weighted by Crippen LogP contribution is 2.19. The molecule has 20 heavy (non-hydrogen) atoms. The first-order chi connectivity index (χ1) is 9.76. The highest BCUT2D eigenvalue weighted by Gasteiger charge is 2.10. The number of nitrogens with zero attached hydrogens (tertiary/aromatic N) is 4. The maximum Gasteiger partial charge on any atom is 0.163 e. The third-order valence-electron chi connectivity index (χ3n) is 2.85. The molecule has 110 valence electrons. The van der Waals surface area contributed by atoms with E-state index in [0.717, 1.165) is 29.8 Å². The molecule has 2 aromatic heterocycles. The molecule has 0 aromatic carbocycles. The molecule has 0 atom stereocenters. The van der Waals surface area contributed by atoms with Gasteiger partial charge in [0.15, 0.2) is 11.5 Å². The van der Waals surface area contributed by atoms with Crippen LogP contribution < -0.4 is 5.32 Å². The van der Waals surface area contributed by atoms with Crippen molar-refractivity contribution >= 4 is 16.9 Å². The van der Waals surface area contributed by atoms with Gasteiger partial charge in [-0.15, -0.1) is 0 Å². The zero-order chi connectivity index (χ0) is 14.4. The van der Waals surface area contributed by atoms with Crippen molar-refractivity contribution in [3.63, 3.8) is 0 Å². The average molecular weight is 279 g/mol. The standard InChI is InChI=1S/C13H21N5O2/c1-4-14-12-10-8-15-18(2)13(10)17-11(16-12)9-20-7-5-6-19-3/h8H,4-7,9H2,1-3H3,(H,14,16,17). The number of hydrogen-bond acceptors (Lipinski definition) is 6. The fourth-order valence-corrected chi connectivity index (χ4v) is 1.90. The minimum atomic E-state index is 0.392. The van der Waals surface area contributed by atoms with Crippen LogP contribution in [0, 0.1) is 0 Å². The van der Waals surface area contributed by atoms with E-state index in [1.165, 1.54) is 0 Å². The second kappa shape index (κ2) is 7.16. The summed E-state index contributed by atoms with van der Waals surface area (Å²) in [5.74, 6) is 1.47. The van der Waals surface area contributed by atoms with Crippen molar-refractivity contribution in [1.29, 1.82) is 0 Å². The van der Waals surface area contributed by atoms with Crippen molar-refractivity contribution in [1.82, 2.24) is 19.7 Å². The van der Waals surface area contributed by atoms with Crippen molar-refractivity contribution in [2.45, 2.75) is 20.0 Å². The number of methoxy groups -OCH3 is 1. The van der Waals surface area contributed by atoms with Crippen molar-refractivity contribution < 1.29 is 9.47 Å². The number of rotatable bonds is 8. The lowest BCUT2D eigenvalue weighted by atomic mass is 10.3. The van der Waals surface area contributed by atoms with Crippen LogP contribution in [0.1, 0.15) is 19.2 Å². The molecule has 0 radical (unpaired) electrons. The maximum absolute atomic E-state index is 5.56. The Morgan fingerprint density at radius 2 is 2.15 bits per heavy atom. The quantitative estimate of drug-likeness (QED) is 0.735. The van der Waals surface area contributed by atoms with Gasteiger partial charge in [0.1, 0.15) is 12.4 Å². The molecule has 1 N–H and O–H groups in total. The zero-order valence-electron chi connectivity index (χ0n) is 12.2. The van der Waals surface area contributed by atoms with Crippen LogP contribution in [0.15, 0.2) is 6.20 Å². The Labute approximate surface area is 118 Å². The monoisotopic (exact) mass is 279 g/mol. The molecule has 0 bridgehead atoms. The highest BCUT2D eigenvalue weighted by molar-refractivity contribution is 5.86. The predicted octanol–water partition coefficient (Wildman–Crippen LogP) is 1.35. The van der Waals surface area contributed by atoms with Crippen molar-refractivity contribution in [3.8, 4) is 0 Å². The van der Waals surface area contributed by atoms with E-state index < -0.39 is 0 Å². The number of aromatic nitrogens is 4. The second-order valence-corrected chi connectivity index (χ2v) is 4.42. The van der Waals surface area contributed by atoms with E-state index in [9.17, 15) is 0 Å². The normalized spacial score (nSPS) is 11.2. The van der Waals surface area contributed by atoms with Gasteiger partial charge in [-0.25, -0.2) is 9.97 Å². The molecule has 2 aromatic rings. The largest absolute Gasteiger partial charge is 0.385 e. The summed E-state index contributed by atoms with van der Waals surface area (Å²) in [5, 5.41) is 8.38. The van der Waals surface area contributed by atoms with E-state index in [4.69, 9.17) is 9.47 Å². The number of anilines is 1. The van der Waals surface area contributed by atoms with Gasteiger partial charge < -0.3 is 14.8 Å². The van der Waals surface area contributed by atoms with Crippen molar-refractivity contribution in [3.05, 3.63) is 12.0 Å². The van der Waals surface area contributed by atoms with E-state index in [2.05, 4.69) is 20.4 Å². The van der Waals surface area contributed by atoms with Gasteiger partial charge >= 0.3 is 0 Å². The summed E-state index contributed by atoms with van der Waals surface area (Å²) in [6.45, 7) is 4.56. The zero-order valence-corrected chi connectivity index (χ0v) is 12.2. The maximum atomic E-state index is 5.56. The fraction of sp³-hybridized carbons (Fsp3) is 0.615. The van der Waals surface area contributed by atoms with E-state index in [1.54, 1.807) is 18.0 Å². The van der Waals surface area contributed by atoms with Crippen LogP contribution in [0.3, 0.4) is 0 Å². The highest BCUT2D eigenvalue weighted by atomic mass is 16.5. The Morgan fingerprint density at radius 3 is 2.90 bits per heavy atom. The van der Waals surface area contributed by atoms with Crippen molar-refractivity contribution in [2.75, 3.05) is 32.2 Å².